The van der Waals surface area contributed by atoms with Crippen LogP contribution in [0.1, 0.15) is 16.5 Å². The van der Waals surface area contributed by atoms with E-state index in [4.69, 9.17) is 9.47 Å². The Hall–Kier alpha value is -2.06. The van der Waals surface area contributed by atoms with Crippen molar-refractivity contribution < 1.29 is 19.4 Å². The number of aliphatic hydroxyl groups is 1. The van der Waals surface area contributed by atoms with E-state index in [2.05, 4.69) is 4.90 Å². The van der Waals surface area contributed by atoms with Crippen LogP contribution in [0, 0.1) is 0 Å². The molecule has 1 unspecified atom stereocenters. The first-order valence-corrected chi connectivity index (χ1v) is 9.87. The van der Waals surface area contributed by atoms with Gasteiger partial charge in [0.15, 0.2) is 11.5 Å². The summed E-state index contributed by atoms with van der Waals surface area (Å²) in [5, 5.41) is 12.2. The number of hydrogen-bond donors (Lipinski definition) is 1. The molecule has 0 radical (unpaired) electrons. The molecule has 0 aliphatic carbocycles. The first-order valence-electron chi connectivity index (χ1n) is 8.99. The van der Waals surface area contributed by atoms with Gasteiger partial charge in [-0.3, -0.25) is 9.69 Å². The minimum Gasteiger partial charge on any atom is -0.454 e. The fourth-order valence-corrected chi connectivity index (χ4v) is 3.96. The van der Waals surface area contributed by atoms with E-state index in [1.165, 1.54) is 0 Å². The molecule has 4 rings (SSSR count). The van der Waals surface area contributed by atoms with Gasteiger partial charge in [0.05, 0.1) is 0 Å². The quantitative estimate of drug-likeness (QED) is 0.751. The van der Waals surface area contributed by atoms with Gasteiger partial charge >= 0.3 is 0 Å². The highest BCUT2D eigenvalue weighted by atomic mass is 35.5. The Balaban J connectivity index is 0.00000225. The summed E-state index contributed by atoms with van der Waals surface area (Å²) in [6, 6.07) is 9.53. The first-order chi connectivity index (χ1) is 13.2. The minimum atomic E-state index is -0.460. The molecule has 28 heavy (non-hydrogen) atoms. The van der Waals surface area contributed by atoms with Crippen LogP contribution in [0.4, 0.5) is 0 Å². The third kappa shape index (κ3) is 4.86. The topological polar surface area (TPSA) is 62.2 Å². The molecule has 1 atom stereocenters. The van der Waals surface area contributed by atoms with Crippen molar-refractivity contribution in [3.63, 3.8) is 0 Å². The lowest BCUT2D eigenvalue weighted by molar-refractivity contribution is -0.127. The second-order valence-electron chi connectivity index (χ2n) is 6.60. The molecule has 0 saturated carbocycles. The molecule has 8 heteroatoms. The number of halogens is 1. The zero-order valence-corrected chi connectivity index (χ0v) is 17.0. The highest BCUT2D eigenvalue weighted by molar-refractivity contribution is 7.10. The molecule has 2 aliphatic rings. The number of hydrogen-bond acceptors (Lipinski definition) is 6. The molecule has 1 amide bonds. The molecule has 6 nitrogen and oxygen atoms in total. The predicted octanol–water partition coefficient (Wildman–Crippen LogP) is 2.79. The SMILES string of the molecule is Cl.O=C(C=Cc1ccc2c(c1)OCO2)N1CCN(CC(O)c2cccs2)CC1. The van der Waals surface area contributed by atoms with Crippen molar-refractivity contribution in [2.75, 3.05) is 39.5 Å². The molecule has 1 saturated heterocycles. The van der Waals surface area contributed by atoms with Crippen LogP contribution in [-0.2, 0) is 4.79 Å². The molecule has 1 fully saturated rings. The lowest BCUT2D eigenvalue weighted by Crippen LogP contribution is -2.49. The Morgan fingerprint density at radius 2 is 1.96 bits per heavy atom. The summed E-state index contributed by atoms with van der Waals surface area (Å²) in [5.74, 6) is 1.45. The second-order valence-corrected chi connectivity index (χ2v) is 7.58. The largest absolute Gasteiger partial charge is 0.454 e. The van der Waals surface area contributed by atoms with Crippen LogP contribution in [0.15, 0.2) is 41.8 Å². The zero-order valence-electron chi connectivity index (χ0n) is 15.3. The van der Waals surface area contributed by atoms with Crippen LogP contribution in [0.3, 0.4) is 0 Å². The molecule has 0 bridgehead atoms. The molecular formula is C20H23ClN2O4S. The number of fused-ring (bicyclic) bond motifs is 1. The standard InChI is InChI=1S/C20H22N2O4S.ClH/c23-16(19-2-1-11-27-19)13-21-7-9-22(10-8-21)20(24)6-4-15-3-5-17-18(12-15)26-14-25-17;/h1-6,11-12,16,23H,7-10,13-14H2;1H. The zero-order chi connectivity index (χ0) is 18.6. The second kappa shape index (κ2) is 9.43. The van der Waals surface area contributed by atoms with Crippen LogP contribution >= 0.6 is 23.7 Å². The van der Waals surface area contributed by atoms with Crippen molar-refractivity contribution >= 4 is 35.7 Å². The van der Waals surface area contributed by atoms with Gasteiger partial charge < -0.3 is 19.5 Å². The number of nitrogens with zero attached hydrogens (tertiary/aromatic N) is 2. The lowest BCUT2D eigenvalue weighted by Gasteiger charge is -2.35. The average Bonchev–Trinajstić information content (AvgIpc) is 3.38. The van der Waals surface area contributed by atoms with E-state index in [0.29, 0.717) is 25.4 Å². The van der Waals surface area contributed by atoms with Crippen molar-refractivity contribution in [2.24, 2.45) is 0 Å². The maximum atomic E-state index is 12.4. The van der Waals surface area contributed by atoms with Crippen molar-refractivity contribution in [1.82, 2.24) is 9.80 Å². The molecule has 1 aromatic heterocycles. The number of piperazine rings is 1. The van der Waals surface area contributed by atoms with Gasteiger partial charge in [-0.1, -0.05) is 12.1 Å². The van der Waals surface area contributed by atoms with Crippen LogP contribution in [-0.4, -0.2) is 60.3 Å². The van der Waals surface area contributed by atoms with Gasteiger partial charge in [-0.25, -0.2) is 0 Å². The lowest BCUT2D eigenvalue weighted by atomic mass is 10.2. The molecule has 2 aliphatic heterocycles. The number of carbonyl (C=O) groups excluding carboxylic acids is 1. The molecule has 2 aromatic rings. The van der Waals surface area contributed by atoms with E-state index in [1.807, 2.05) is 40.6 Å². The molecule has 0 spiro atoms. The summed E-state index contributed by atoms with van der Waals surface area (Å²) < 4.78 is 10.6. The summed E-state index contributed by atoms with van der Waals surface area (Å²) in [5.41, 5.74) is 0.908. The Labute approximate surface area is 174 Å². The van der Waals surface area contributed by atoms with Crippen molar-refractivity contribution in [3.05, 3.63) is 52.2 Å². The average molecular weight is 423 g/mol. The number of ether oxygens (including phenoxy) is 2. The number of aliphatic hydroxyl groups excluding tert-OH is 1. The van der Waals surface area contributed by atoms with Gasteiger partial charge in [0, 0.05) is 43.7 Å². The number of rotatable bonds is 5. The van der Waals surface area contributed by atoms with E-state index in [-0.39, 0.29) is 25.1 Å². The van der Waals surface area contributed by atoms with Gasteiger partial charge in [0.1, 0.15) is 6.10 Å². The van der Waals surface area contributed by atoms with E-state index in [0.717, 1.165) is 29.3 Å². The van der Waals surface area contributed by atoms with Gasteiger partial charge in [-0.2, -0.15) is 0 Å². The molecular weight excluding hydrogens is 400 g/mol. The van der Waals surface area contributed by atoms with Gasteiger partial charge in [0.25, 0.3) is 0 Å². The number of carbonyl (C=O) groups is 1. The monoisotopic (exact) mass is 422 g/mol. The Bertz CT molecular complexity index is 820. The number of amides is 1. The molecule has 1 aromatic carbocycles. The third-order valence-electron chi connectivity index (χ3n) is 4.80. The van der Waals surface area contributed by atoms with E-state index < -0.39 is 6.10 Å². The summed E-state index contributed by atoms with van der Waals surface area (Å²) in [4.78, 5) is 17.5. The van der Waals surface area contributed by atoms with Crippen LogP contribution in [0.2, 0.25) is 0 Å². The normalized spacial score (nSPS) is 17.5. The Morgan fingerprint density at radius 1 is 1.18 bits per heavy atom. The predicted molar refractivity (Wildman–Crippen MR) is 111 cm³/mol. The van der Waals surface area contributed by atoms with Crippen LogP contribution in [0.5, 0.6) is 11.5 Å². The van der Waals surface area contributed by atoms with E-state index in [9.17, 15) is 9.90 Å². The Kier molecular flexibility index (Phi) is 6.96. The van der Waals surface area contributed by atoms with Crippen LogP contribution in [0.25, 0.3) is 6.08 Å². The summed E-state index contributed by atoms with van der Waals surface area (Å²) in [6.07, 6.45) is 2.95. The minimum absolute atomic E-state index is 0. The van der Waals surface area contributed by atoms with E-state index in [1.54, 1.807) is 23.5 Å². The highest BCUT2D eigenvalue weighted by Gasteiger charge is 2.22. The number of thiophene rings is 1. The number of benzene rings is 1. The van der Waals surface area contributed by atoms with Gasteiger partial charge in [-0.05, 0) is 35.2 Å². The van der Waals surface area contributed by atoms with Gasteiger partial charge in [-0.15, -0.1) is 23.7 Å². The van der Waals surface area contributed by atoms with Crippen molar-refractivity contribution in [1.29, 1.82) is 0 Å². The summed E-state index contributed by atoms with van der Waals surface area (Å²) in [6.45, 7) is 3.73. The fraction of sp³-hybridized carbons (Fsp3) is 0.350. The number of β-amino-alcohol motifs (C(OH)–C–C–N with tert-alkyl or cyclic N) is 1. The Morgan fingerprint density at radius 3 is 2.71 bits per heavy atom. The molecule has 1 N–H and O–H groups in total. The fourth-order valence-electron chi connectivity index (χ4n) is 3.26. The highest BCUT2D eigenvalue weighted by Crippen LogP contribution is 2.32. The summed E-state index contributed by atoms with van der Waals surface area (Å²) in [7, 11) is 0. The maximum absolute atomic E-state index is 12.4. The summed E-state index contributed by atoms with van der Waals surface area (Å²) >= 11 is 1.57. The first kappa shape index (κ1) is 20.7. The van der Waals surface area contributed by atoms with E-state index >= 15 is 0 Å². The van der Waals surface area contributed by atoms with Crippen LogP contribution < -0.4 is 9.47 Å². The van der Waals surface area contributed by atoms with Crippen molar-refractivity contribution in [2.45, 2.75) is 6.10 Å². The molecule has 150 valence electrons. The van der Waals surface area contributed by atoms with Crippen molar-refractivity contribution in [3.8, 4) is 11.5 Å². The smallest absolute Gasteiger partial charge is 0.246 e. The maximum Gasteiger partial charge on any atom is 0.246 e. The third-order valence-corrected chi connectivity index (χ3v) is 5.78. The molecule has 3 heterocycles. The van der Waals surface area contributed by atoms with Gasteiger partial charge in [0.2, 0.25) is 12.7 Å².